The minimum atomic E-state index is -1.73. The first-order chi connectivity index (χ1) is 21.5. The molecule has 0 aromatic heterocycles. The van der Waals surface area contributed by atoms with Gasteiger partial charge < -0.3 is 58.5 Å². The van der Waals surface area contributed by atoms with Gasteiger partial charge in [0.2, 0.25) is 29.5 Å². The molecular weight excluding hydrogens is 610 g/mol. The van der Waals surface area contributed by atoms with Crippen molar-refractivity contribution in [3.8, 4) is 0 Å². The zero-order chi connectivity index (χ0) is 35.6. The maximum absolute atomic E-state index is 13.1. The highest BCUT2D eigenvalue weighted by Crippen LogP contribution is 2.08. The summed E-state index contributed by atoms with van der Waals surface area (Å²) in [7, 11) is 0. The predicted molar refractivity (Wildman–Crippen MR) is 164 cm³/mol. The zero-order valence-corrected chi connectivity index (χ0v) is 26.8. The van der Waals surface area contributed by atoms with Gasteiger partial charge in [-0.1, -0.05) is 27.7 Å². The van der Waals surface area contributed by atoms with E-state index in [2.05, 4.69) is 26.6 Å². The molecule has 264 valence electrons. The molecule has 0 aliphatic carbocycles. The Kier molecular flexibility index (Phi) is 20.0. The molecular formula is C28H51N7O11. The van der Waals surface area contributed by atoms with Crippen LogP contribution in [-0.4, -0.2) is 118 Å². The largest absolute Gasteiger partial charge is 0.481 e. The third-order valence-electron chi connectivity index (χ3n) is 6.78. The Morgan fingerprint density at radius 1 is 0.630 bits per heavy atom. The number of amides is 5. The third kappa shape index (κ3) is 15.9. The van der Waals surface area contributed by atoms with Crippen LogP contribution in [0.25, 0.3) is 0 Å². The van der Waals surface area contributed by atoms with Crippen LogP contribution in [0.3, 0.4) is 0 Å². The molecule has 0 unspecified atom stereocenters. The number of nitrogens with two attached hydrogens (primary N) is 2. The van der Waals surface area contributed by atoms with Crippen LogP contribution in [0, 0.1) is 11.8 Å². The zero-order valence-electron chi connectivity index (χ0n) is 26.8. The molecule has 13 N–H and O–H groups in total. The molecule has 0 aliphatic heterocycles. The molecule has 0 heterocycles. The first kappa shape index (κ1) is 42.1. The van der Waals surface area contributed by atoms with Gasteiger partial charge >= 0.3 is 11.9 Å². The molecule has 0 radical (unpaired) electrons. The molecule has 6 atom stereocenters. The minimum Gasteiger partial charge on any atom is -0.481 e. The van der Waals surface area contributed by atoms with E-state index >= 15 is 0 Å². The van der Waals surface area contributed by atoms with Gasteiger partial charge in [-0.05, 0) is 50.5 Å². The molecule has 46 heavy (non-hydrogen) atoms. The van der Waals surface area contributed by atoms with Crippen LogP contribution in [0.1, 0.15) is 66.2 Å². The highest BCUT2D eigenvalue weighted by molar-refractivity contribution is 5.96. The smallest absolute Gasteiger partial charge is 0.326 e. The Morgan fingerprint density at radius 2 is 1.11 bits per heavy atom. The summed E-state index contributed by atoms with van der Waals surface area (Å²) in [6.45, 7) is 5.33. The second-order valence-electron chi connectivity index (χ2n) is 11.6. The molecule has 18 heteroatoms. The van der Waals surface area contributed by atoms with Crippen molar-refractivity contribution in [2.24, 2.45) is 23.3 Å². The van der Waals surface area contributed by atoms with E-state index in [9.17, 15) is 48.9 Å². The maximum Gasteiger partial charge on any atom is 0.326 e. The highest BCUT2D eigenvalue weighted by Gasteiger charge is 2.33. The number of carboxylic acid groups (broad SMARTS) is 2. The van der Waals surface area contributed by atoms with Crippen LogP contribution in [0.5, 0.6) is 0 Å². The minimum absolute atomic E-state index is 0.0369. The van der Waals surface area contributed by atoms with Crippen molar-refractivity contribution < 1.29 is 54.0 Å². The maximum atomic E-state index is 13.1. The van der Waals surface area contributed by atoms with Crippen molar-refractivity contribution in [3.05, 3.63) is 0 Å². The van der Waals surface area contributed by atoms with E-state index in [4.69, 9.17) is 16.6 Å². The molecule has 0 fully saturated rings. The van der Waals surface area contributed by atoms with Gasteiger partial charge in [0.05, 0.1) is 19.3 Å². The van der Waals surface area contributed by atoms with Crippen molar-refractivity contribution in [2.75, 3.05) is 19.8 Å². The SMILES string of the molecule is CC(C)C[C@H](N)C(=O)N[C@H](C(=O)N[C@@H](CCC(=O)O)C(=O)N[C@@H](CO)C(=O)N[C@@H](CO)C(=O)N[C@@H](CCCCN)C(=O)O)C(C)C. The second kappa shape index (κ2) is 21.8. The fraction of sp³-hybridized carbons (Fsp3) is 0.750. The van der Waals surface area contributed by atoms with Gasteiger partial charge in [0.15, 0.2) is 0 Å². The number of hydrogen-bond donors (Lipinski definition) is 11. The Labute approximate surface area is 267 Å². The van der Waals surface area contributed by atoms with Crippen molar-refractivity contribution >= 4 is 41.5 Å². The van der Waals surface area contributed by atoms with E-state index in [0.717, 1.165) is 0 Å². The summed E-state index contributed by atoms with van der Waals surface area (Å²) in [5.74, 6) is -7.69. The van der Waals surface area contributed by atoms with E-state index in [0.29, 0.717) is 25.8 Å². The summed E-state index contributed by atoms with van der Waals surface area (Å²) in [5.41, 5.74) is 11.3. The summed E-state index contributed by atoms with van der Waals surface area (Å²) < 4.78 is 0. The summed E-state index contributed by atoms with van der Waals surface area (Å²) in [6.07, 6.45) is 0.272. The summed E-state index contributed by atoms with van der Waals surface area (Å²) in [6, 6.07) is -8.31. The topological polar surface area (TPSA) is 313 Å². The predicted octanol–water partition coefficient (Wildman–Crippen LogP) is -3.50. The van der Waals surface area contributed by atoms with Crippen molar-refractivity contribution in [3.63, 3.8) is 0 Å². The summed E-state index contributed by atoms with van der Waals surface area (Å²) in [4.78, 5) is 87.0. The lowest BCUT2D eigenvalue weighted by Gasteiger charge is -2.27. The number of hydrogen-bond acceptors (Lipinski definition) is 11. The molecule has 0 saturated carbocycles. The van der Waals surface area contributed by atoms with Crippen molar-refractivity contribution in [1.29, 1.82) is 0 Å². The molecule has 0 aromatic rings. The van der Waals surface area contributed by atoms with Crippen LogP contribution in [0.2, 0.25) is 0 Å². The molecule has 0 spiro atoms. The molecule has 0 bridgehead atoms. The third-order valence-corrected chi connectivity index (χ3v) is 6.78. The van der Waals surface area contributed by atoms with Crippen LogP contribution < -0.4 is 38.1 Å². The number of aliphatic hydroxyl groups is 2. The number of aliphatic hydroxyl groups excluding tert-OH is 2. The van der Waals surface area contributed by atoms with Crippen molar-refractivity contribution in [1.82, 2.24) is 26.6 Å². The van der Waals surface area contributed by atoms with E-state index in [1.807, 2.05) is 13.8 Å². The lowest BCUT2D eigenvalue weighted by molar-refractivity contribution is -0.143. The van der Waals surface area contributed by atoms with Crippen LogP contribution >= 0.6 is 0 Å². The number of carboxylic acids is 2. The molecule has 0 rings (SSSR count). The van der Waals surface area contributed by atoms with Crippen LogP contribution in [-0.2, 0) is 33.6 Å². The number of rotatable bonds is 23. The number of carbonyl (C=O) groups excluding carboxylic acids is 5. The molecule has 5 amide bonds. The Balaban J connectivity index is 5.70. The highest BCUT2D eigenvalue weighted by atomic mass is 16.4. The Morgan fingerprint density at radius 3 is 1.52 bits per heavy atom. The lowest BCUT2D eigenvalue weighted by atomic mass is 9.99. The Hall–Kier alpha value is -3.87. The number of aliphatic carboxylic acids is 2. The fourth-order valence-corrected chi connectivity index (χ4v) is 4.16. The normalized spacial score (nSPS) is 15.1. The molecule has 0 aromatic carbocycles. The Bertz CT molecular complexity index is 1040. The number of unbranched alkanes of at least 4 members (excludes halogenated alkanes) is 1. The quantitative estimate of drug-likeness (QED) is 0.0474. The van der Waals surface area contributed by atoms with E-state index in [-0.39, 0.29) is 12.3 Å². The number of nitrogens with one attached hydrogen (secondary N) is 5. The monoisotopic (exact) mass is 661 g/mol. The summed E-state index contributed by atoms with van der Waals surface area (Å²) in [5, 5.41) is 49.4. The van der Waals surface area contributed by atoms with Gasteiger partial charge in [-0.15, -0.1) is 0 Å². The van der Waals surface area contributed by atoms with Gasteiger partial charge in [-0.2, -0.15) is 0 Å². The standard InChI is InChI=1S/C28H51N7O11/c1-14(2)11-16(30)23(40)35-22(15(3)4)27(44)31-17(8-9-21(38)39)24(41)33-20(13-37)26(43)34-19(12-36)25(42)32-18(28(45)46)7-5-6-10-29/h14-20,22,36-37H,5-13,29-30H2,1-4H3,(H,31,44)(H,32,42)(H,33,41)(H,34,43)(H,35,40)(H,38,39)(H,45,46)/t16-,17-,18-,19-,20-,22-/m0/s1. The fourth-order valence-electron chi connectivity index (χ4n) is 4.16. The van der Waals surface area contributed by atoms with E-state index < -0.39 is 110 Å². The van der Waals surface area contributed by atoms with Crippen LogP contribution in [0.4, 0.5) is 0 Å². The van der Waals surface area contributed by atoms with Gasteiger partial charge in [-0.3, -0.25) is 28.8 Å². The second-order valence-corrected chi connectivity index (χ2v) is 11.6. The lowest BCUT2D eigenvalue weighted by Crippen LogP contribution is -2.61. The van der Waals surface area contributed by atoms with Gasteiger partial charge in [-0.25, -0.2) is 4.79 Å². The molecule has 0 aliphatic rings. The molecule has 18 nitrogen and oxygen atoms in total. The van der Waals surface area contributed by atoms with Gasteiger partial charge in [0.1, 0.15) is 30.2 Å². The van der Waals surface area contributed by atoms with Gasteiger partial charge in [0, 0.05) is 6.42 Å². The van der Waals surface area contributed by atoms with Gasteiger partial charge in [0.25, 0.3) is 0 Å². The van der Waals surface area contributed by atoms with E-state index in [1.165, 1.54) is 0 Å². The average Bonchev–Trinajstić information content (AvgIpc) is 2.97. The average molecular weight is 662 g/mol. The summed E-state index contributed by atoms with van der Waals surface area (Å²) >= 11 is 0. The van der Waals surface area contributed by atoms with Crippen molar-refractivity contribution in [2.45, 2.75) is 102 Å². The number of carbonyl (C=O) groups is 7. The first-order valence-corrected chi connectivity index (χ1v) is 15.1. The molecule has 0 saturated heterocycles. The van der Waals surface area contributed by atoms with E-state index in [1.54, 1.807) is 13.8 Å². The van der Waals surface area contributed by atoms with Crippen LogP contribution in [0.15, 0.2) is 0 Å². The first-order valence-electron chi connectivity index (χ1n) is 15.1.